The van der Waals surface area contributed by atoms with Gasteiger partial charge in [0.1, 0.15) is 17.0 Å². The Labute approximate surface area is 169 Å². The van der Waals surface area contributed by atoms with Gasteiger partial charge in [0.25, 0.3) is 0 Å². The van der Waals surface area contributed by atoms with Gasteiger partial charge in [0.2, 0.25) is 5.89 Å². The van der Waals surface area contributed by atoms with E-state index in [2.05, 4.69) is 34.3 Å². The molecule has 2 heterocycles. The summed E-state index contributed by atoms with van der Waals surface area (Å²) in [4.78, 5) is 4.20. The van der Waals surface area contributed by atoms with E-state index in [0.717, 1.165) is 33.3 Å². The van der Waals surface area contributed by atoms with Crippen molar-refractivity contribution in [2.75, 3.05) is 5.32 Å². The lowest BCUT2D eigenvalue weighted by molar-refractivity contribution is 0.571. The molecule has 0 bridgehead atoms. The number of nitrogens with one attached hydrogen (secondary N) is 1. The van der Waals surface area contributed by atoms with Crippen molar-refractivity contribution in [1.29, 1.82) is 0 Å². The maximum Gasteiger partial charge on any atom is 0.249 e. The number of rotatable bonds is 6. The van der Waals surface area contributed by atoms with Gasteiger partial charge in [-0.25, -0.2) is 13.4 Å². The van der Waals surface area contributed by atoms with Crippen LogP contribution in [-0.4, -0.2) is 29.6 Å². The minimum absolute atomic E-state index is 0.0482. The Hall–Kier alpha value is -3.26. The van der Waals surface area contributed by atoms with Crippen molar-refractivity contribution in [3.05, 3.63) is 60.5 Å². The van der Waals surface area contributed by atoms with Crippen molar-refractivity contribution >= 4 is 27.3 Å². The Morgan fingerprint density at radius 3 is 2.45 bits per heavy atom. The van der Waals surface area contributed by atoms with Crippen LogP contribution in [0.4, 0.5) is 5.69 Å². The number of oxazole rings is 1. The molecule has 4 aromatic rings. The fraction of sp³-hybridized carbons (Fsp3) is 0.190. The first-order valence-electron chi connectivity index (χ1n) is 9.19. The highest BCUT2D eigenvalue weighted by Crippen LogP contribution is 2.33. The van der Waals surface area contributed by atoms with Gasteiger partial charge in [-0.3, -0.25) is 0 Å². The minimum atomic E-state index is -2.43. The monoisotopic (exact) mass is 408 g/mol. The van der Waals surface area contributed by atoms with Crippen LogP contribution in [0, 0.1) is 0 Å². The van der Waals surface area contributed by atoms with Gasteiger partial charge < -0.3 is 9.73 Å². The van der Waals surface area contributed by atoms with Gasteiger partial charge >= 0.3 is 0 Å². The number of anilines is 1. The third-order valence-corrected chi connectivity index (χ3v) is 5.05. The Kier molecular flexibility index (Phi) is 5.26. The molecule has 0 saturated carbocycles. The summed E-state index contributed by atoms with van der Waals surface area (Å²) in [6.07, 6.45) is 3.09. The van der Waals surface area contributed by atoms with Gasteiger partial charge in [0, 0.05) is 11.4 Å². The first-order chi connectivity index (χ1) is 14.0. The van der Waals surface area contributed by atoms with Crippen LogP contribution < -0.4 is 5.32 Å². The fourth-order valence-corrected chi connectivity index (χ4v) is 3.67. The summed E-state index contributed by atoms with van der Waals surface area (Å²) in [6.45, 7) is 4.11. The Morgan fingerprint density at radius 1 is 1.03 bits per heavy atom. The Bertz CT molecular complexity index is 1210. The molecule has 0 unspecified atom stereocenters. The lowest BCUT2D eigenvalue weighted by Crippen LogP contribution is -2.12. The standard InChI is InChI=1S/C21H20N4O3S/c1-13(2)23-19-17-8-7-16(15-5-3-14(4-6-15)12-29(26)27)11-18(17)24-25-20(19)21-22-9-10-28-21/h3-11,13,29H,12H2,1-2H3,(H,23,24). The molecule has 148 valence electrons. The largest absolute Gasteiger partial charge is 0.443 e. The maximum atomic E-state index is 10.9. The second kappa shape index (κ2) is 8.00. The molecule has 4 rings (SSSR count). The van der Waals surface area contributed by atoms with E-state index in [1.165, 1.54) is 6.26 Å². The zero-order valence-corrected chi connectivity index (χ0v) is 16.9. The molecule has 0 aliphatic carbocycles. The maximum absolute atomic E-state index is 10.9. The van der Waals surface area contributed by atoms with E-state index in [0.29, 0.717) is 11.6 Å². The normalized spacial score (nSPS) is 11.4. The third-order valence-electron chi connectivity index (χ3n) is 4.43. The minimum Gasteiger partial charge on any atom is -0.443 e. The highest BCUT2D eigenvalue weighted by molar-refractivity contribution is 7.71. The summed E-state index contributed by atoms with van der Waals surface area (Å²) in [5.74, 6) is 0.464. The van der Waals surface area contributed by atoms with Crippen molar-refractivity contribution in [3.8, 4) is 22.7 Å². The molecule has 0 fully saturated rings. The number of fused-ring (bicyclic) bond motifs is 1. The Morgan fingerprint density at radius 2 is 1.79 bits per heavy atom. The number of thiol groups is 1. The summed E-state index contributed by atoms with van der Waals surface area (Å²) in [5, 5.41) is 13.1. The molecule has 0 aliphatic heterocycles. The number of hydrogen-bond acceptors (Lipinski definition) is 7. The van der Waals surface area contributed by atoms with Crippen molar-refractivity contribution in [2.24, 2.45) is 0 Å². The van der Waals surface area contributed by atoms with Crippen LogP contribution in [0.15, 0.2) is 59.3 Å². The SMILES string of the molecule is CC(C)Nc1c(-c2ncco2)nnc2cc(-c3ccc(C[SH](=O)=O)cc3)ccc12. The molecule has 0 amide bonds. The van der Waals surface area contributed by atoms with Crippen LogP contribution in [0.25, 0.3) is 33.6 Å². The van der Waals surface area contributed by atoms with E-state index in [9.17, 15) is 8.42 Å². The molecule has 0 atom stereocenters. The first-order valence-corrected chi connectivity index (χ1v) is 10.6. The highest BCUT2D eigenvalue weighted by Gasteiger charge is 2.17. The van der Waals surface area contributed by atoms with Crippen LogP contribution in [0.3, 0.4) is 0 Å². The van der Waals surface area contributed by atoms with E-state index in [-0.39, 0.29) is 11.8 Å². The second-order valence-electron chi connectivity index (χ2n) is 6.98. The van der Waals surface area contributed by atoms with Gasteiger partial charge in [-0.15, -0.1) is 10.2 Å². The summed E-state index contributed by atoms with van der Waals surface area (Å²) in [6, 6.07) is 13.7. The van der Waals surface area contributed by atoms with Crippen LogP contribution in [0.1, 0.15) is 19.4 Å². The zero-order chi connectivity index (χ0) is 20.4. The van der Waals surface area contributed by atoms with Gasteiger partial charge in [0.05, 0.1) is 23.2 Å². The van der Waals surface area contributed by atoms with Crippen LogP contribution in [0.2, 0.25) is 0 Å². The molecule has 0 radical (unpaired) electrons. The summed E-state index contributed by atoms with van der Waals surface area (Å²) in [7, 11) is -2.43. The van der Waals surface area contributed by atoms with Gasteiger partial charge in [0.15, 0.2) is 5.69 Å². The van der Waals surface area contributed by atoms with Gasteiger partial charge in [-0.05, 0) is 42.7 Å². The molecule has 29 heavy (non-hydrogen) atoms. The summed E-state index contributed by atoms with van der Waals surface area (Å²) >= 11 is 0. The van der Waals surface area contributed by atoms with E-state index >= 15 is 0 Å². The van der Waals surface area contributed by atoms with Crippen LogP contribution in [0.5, 0.6) is 0 Å². The lowest BCUT2D eigenvalue weighted by Gasteiger charge is -2.15. The van der Waals surface area contributed by atoms with Gasteiger partial charge in [-0.2, -0.15) is 0 Å². The molecule has 8 heteroatoms. The van der Waals surface area contributed by atoms with Crippen molar-refractivity contribution in [1.82, 2.24) is 15.2 Å². The predicted octanol–water partition coefficient (Wildman–Crippen LogP) is 3.88. The zero-order valence-electron chi connectivity index (χ0n) is 16.0. The molecule has 7 nitrogen and oxygen atoms in total. The molecule has 0 saturated heterocycles. The van der Waals surface area contributed by atoms with E-state index in [1.807, 2.05) is 42.5 Å². The molecule has 2 aromatic carbocycles. The summed E-state index contributed by atoms with van der Waals surface area (Å²) < 4.78 is 27.2. The van der Waals surface area contributed by atoms with Gasteiger partial charge in [-0.1, -0.05) is 30.3 Å². The lowest BCUT2D eigenvalue weighted by atomic mass is 10.0. The predicted molar refractivity (Wildman–Crippen MR) is 113 cm³/mol. The first kappa shape index (κ1) is 19.1. The summed E-state index contributed by atoms with van der Waals surface area (Å²) in [5.41, 5.74) is 4.86. The number of benzene rings is 2. The Balaban J connectivity index is 1.77. The molecular formula is C21H20N4O3S. The second-order valence-corrected chi connectivity index (χ2v) is 7.96. The van der Waals surface area contributed by atoms with Crippen molar-refractivity contribution in [3.63, 3.8) is 0 Å². The van der Waals surface area contributed by atoms with Crippen molar-refractivity contribution in [2.45, 2.75) is 25.6 Å². The topological polar surface area (TPSA) is 98.0 Å². The average Bonchev–Trinajstić information content (AvgIpc) is 3.22. The molecule has 2 aromatic heterocycles. The third kappa shape index (κ3) is 4.12. The smallest absolute Gasteiger partial charge is 0.249 e. The number of aromatic nitrogens is 3. The highest BCUT2D eigenvalue weighted by atomic mass is 32.2. The van der Waals surface area contributed by atoms with Crippen molar-refractivity contribution < 1.29 is 12.8 Å². The molecular weight excluding hydrogens is 388 g/mol. The fourth-order valence-electron chi connectivity index (χ4n) is 3.16. The van der Waals surface area contributed by atoms with Crippen LogP contribution >= 0.6 is 0 Å². The average molecular weight is 408 g/mol. The number of hydrogen-bond donors (Lipinski definition) is 2. The molecule has 1 N–H and O–H groups in total. The van der Waals surface area contributed by atoms with E-state index in [1.54, 1.807) is 6.20 Å². The molecule has 0 spiro atoms. The molecule has 0 aliphatic rings. The number of nitrogens with zero attached hydrogens (tertiary/aromatic N) is 3. The van der Waals surface area contributed by atoms with E-state index < -0.39 is 10.7 Å². The van der Waals surface area contributed by atoms with Crippen LogP contribution in [-0.2, 0) is 16.5 Å². The van der Waals surface area contributed by atoms with E-state index in [4.69, 9.17) is 4.42 Å². The quantitative estimate of drug-likeness (QED) is 0.467.